The molecule has 0 aromatic carbocycles. The zero-order chi connectivity index (χ0) is 14.4. The number of likely N-dealkylation sites (tertiary alicyclic amines) is 1. The van der Waals surface area contributed by atoms with Crippen LogP contribution in [-0.4, -0.2) is 47.6 Å². The van der Waals surface area contributed by atoms with Gasteiger partial charge in [0.2, 0.25) is 5.91 Å². The molecule has 1 heterocycles. The summed E-state index contributed by atoms with van der Waals surface area (Å²) < 4.78 is 0. The Hall–Kier alpha value is -1.10. The third kappa shape index (κ3) is 5.19. The van der Waals surface area contributed by atoms with Gasteiger partial charge in [0.25, 0.3) is 0 Å². The van der Waals surface area contributed by atoms with Gasteiger partial charge in [-0.15, -0.1) is 0 Å². The topological polar surface area (TPSA) is 69.6 Å². The lowest BCUT2D eigenvalue weighted by Crippen LogP contribution is -2.53. The Balaban J connectivity index is 2.59. The van der Waals surface area contributed by atoms with Crippen molar-refractivity contribution in [3.05, 3.63) is 0 Å². The number of carbonyl (C=O) groups is 2. The van der Waals surface area contributed by atoms with Crippen LogP contribution in [-0.2, 0) is 9.59 Å². The first-order valence-electron chi connectivity index (χ1n) is 7.19. The molecule has 1 amide bonds. The minimum absolute atomic E-state index is 0.00600. The van der Waals surface area contributed by atoms with Crippen molar-refractivity contribution >= 4 is 11.9 Å². The standard InChI is InChI=1S/C14H26N2O3/c1-4-5-6-16-8-11(14(18)19)7-12(9-16)15-13(17)10(2)3/h10-12H,4-9H2,1-3H3,(H,15,17)(H,18,19). The third-order valence-corrected chi connectivity index (χ3v) is 3.57. The lowest BCUT2D eigenvalue weighted by atomic mass is 9.93. The molecule has 2 N–H and O–H groups in total. The van der Waals surface area contributed by atoms with E-state index in [1.807, 2.05) is 13.8 Å². The van der Waals surface area contributed by atoms with Gasteiger partial charge >= 0.3 is 5.97 Å². The normalized spacial score (nSPS) is 24.4. The predicted molar refractivity (Wildman–Crippen MR) is 73.9 cm³/mol. The minimum Gasteiger partial charge on any atom is -0.481 e. The molecule has 0 aromatic rings. The van der Waals surface area contributed by atoms with Crippen LogP contribution in [0.1, 0.15) is 40.0 Å². The average molecular weight is 270 g/mol. The van der Waals surface area contributed by atoms with Crippen LogP contribution in [0, 0.1) is 11.8 Å². The van der Waals surface area contributed by atoms with E-state index in [0.29, 0.717) is 13.0 Å². The van der Waals surface area contributed by atoms with E-state index in [4.69, 9.17) is 0 Å². The number of rotatable bonds is 6. The van der Waals surface area contributed by atoms with Crippen LogP contribution in [0.4, 0.5) is 0 Å². The van der Waals surface area contributed by atoms with Gasteiger partial charge < -0.3 is 15.3 Å². The van der Waals surface area contributed by atoms with Crippen molar-refractivity contribution in [2.75, 3.05) is 19.6 Å². The van der Waals surface area contributed by atoms with E-state index in [2.05, 4.69) is 17.1 Å². The van der Waals surface area contributed by atoms with Crippen molar-refractivity contribution in [2.24, 2.45) is 11.8 Å². The minimum atomic E-state index is -0.759. The van der Waals surface area contributed by atoms with E-state index >= 15 is 0 Å². The number of hydrogen-bond acceptors (Lipinski definition) is 3. The monoisotopic (exact) mass is 270 g/mol. The summed E-state index contributed by atoms with van der Waals surface area (Å²) in [6.07, 6.45) is 2.70. The van der Waals surface area contributed by atoms with Gasteiger partial charge in [0, 0.05) is 25.0 Å². The zero-order valence-corrected chi connectivity index (χ0v) is 12.2. The van der Waals surface area contributed by atoms with Crippen LogP contribution in [0.2, 0.25) is 0 Å². The highest BCUT2D eigenvalue weighted by Gasteiger charge is 2.32. The molecule has 1 rings (SSSR count). The molecule has 0 bridgehead atoms. The second-order valence-electron chi connectivity index (χ2n) is 5.74. The molecule has 2 atom stereocenters. The Morgan fingerprint density at radius 3 is 2.58 bits per heavy atom. The van der Waals surface area contributed by atoms with Crippen LogP contribution >= 0.6 is 0 Å². The Kier molecular flexibility index (Phi) is 6.28. The Bertz CT molecular complexity index is 318. The summed E-state index contributed by atoms with van der Waals surface area (Å²) in [5, 5.41) is 12.2. The predicted octanol–water partition coefficient (Wildman–Crippen LogP) is 1.33. The number of carbonyl (C=O) groups excluding carboxylic acids is 1. The average Bonchev–Trinajstić information content (AvgIpc) is 2.35. The summed E-state index contributed by atoms with van der Waals surface area (Å²) in [6.45, 7) is 8.10. The highest BCUT2D eigenvalue weighted by Crippen LogP contribution is 2.18. The van der Waals surface area contributed by atoms with Gasteiger partial charge in [-0.1, -0.05) is 27.2 Å². The molecular formula is C14H26N2O3. The molecular weight excluding hydrogens is 244 g/mol. The van der Waals surface area contributed by atoms with Crippen LogP contribution < -0.4 is 5.32 Å². The molecule has 1 aliphatic rings. The number of unbranched alkanes of at least 4 members (excludes halogenated alkanes) is 1. The van der Waals surface area contributed by atoms with Crippen molar-refractivity contribution in [3.63, 3.8) is 0 Å². The molecule has 1 saturated heterocycles. The van der Waals surface area contributed by atoms with E-state index < -0.39 is 5.97 Å². The number of hydrogen-bond donors (Lipinski definition) is 2. The molecule has 110 valence electrons. The zero-order valence-electron chi connectivity index (χ0n) is 12.2. The van der Waals surface area contributed by atoms with Crippen molar-refractivity contribution in [3.8, 4) is 0 Å². The van der Waals surface area contributed by atoms with Gasteiger partial charge in [-0.3, -0.25) is 9.59 Å². The number of aliphatic carboxylic acids is 1. The molecule has 1 fully saturated rings. The van der Waals surface area contributed by atoms with Gasteiger partial charge in [-0.2, -0.15) is 0 Å². The third-order valence-electron chi connectivity index (χ3n) is 3.57. The first kappa shape index (κ1) is 16.0. The first-order chi connectivity index (χ1) is 8.93. The molecule has 19 heavy (non-hydrogen) atoms. The second-order valence-corrected chi connectivity index (χ2v) is 5.74. The van der Waals surface area contributed by atoms with E-state index in [-0.39, 0.29) is 23.8 Å². The molecule has 0 aliphatic carbocycles. The molecule has 1 aliphatic heterocycles. The largest absolute Gasteiger partial charge is 0.481 e. The molecule has 0 aromatic heterocycles. The van der Waals surface area contributed by atoms with Gasteiger partial charge in [0.1, 0.15) is 0 Å². The maximum absolute atomic E-state index is 11.7. The number of carboxylic acids is 1. The highest BCUT2D eigenvalue weighted by molar-refractivity contribution is 5.78. The van der Waals surface area contributed by atoms with Gasteiger partial charge in [-0.25, -0.2) is 0 Å². The molecule has 0 saturated carbocycles. The Morgan fingerprint density at radius 2 is 2.05 bits per heavy atom. The Morgan fingerprint density at radius 1 is 1.37 bits per heavy atom. The van der Waals surface area contributed by atoms with Crippen molar-refractivity contribution in [1.82, 2.24) is 10.2 Å². The van der Waals surface area contributed by atoms with Crippen LogP contribution in [0.3, 0.4) is 0 Å². The van der Waals surface area contributed by atoms with Gasteiger partial charge in [-0.05, 0) is 19.4 Å². The van der Waals surface area contributed by atoms with E-state index in [9.17, 15) is 14.7 Å². The lowest BCUT2D eigenvalue weighted by molar-refractivity contribution is -0.144. The fourth-order valence-corrected chi connectivity index (χ4v) is 2.41. The van der Waals surface area contributed by atoms with Crippen molar-refractivity contribution in [2.45, 2.75) is 46.1 Å². The van der Waals surface area contributed by atoms with Crippen molar-refractivity contribution < 1.29 is 14.7 Å². The molecule has 2 unspecified atom stereocenters. The molecule has 0 radical (unpaired) electrons. The van der Waals surface area contributed by atoms with Crippen LogP contribution in [0.5, 0.6) is 0 Å². The van der Waals surface area contributed by atoms with Crippen molar-refractivity contribution in [1.29, 1.82) is 0 Å². The van der Waals surface area contributed by atoms with E-state index in [1.165, 1.54) is 0 Å². The molecule has 5 nitrogen and oxygen atoms in total. The van der Waals surface area contributed by atoms with Crippen LogP contribution in [0.15, 0.2) is 0 Å². The highest BCUT2D eigenvalue weighted by atomic mass is 16.4. The molecule has 0 spiro atoms. The van der Waals surface area contributed by atoms with Gasteiger partial charge in [0.15, 0.2) is 0 Å². The summed E-state index contributed by atoms with van der Waals surface area (Å²) in [7, 11) is 0. The van der Waals surface area contributed by atoms with Gasteiger partial charge in [0.05, 0.1) is 5.92 Å². The number of piperidine rings is 1. The first-order valence-corrected chi connectivity index (χ1v) is 7.19. The fraction of sp³-hybridized carbons (Fsp3) is 0.857. The maximum atomic E-state index is 11.7. The summed E-state index contributed by atoms with van der Waals surface area (Å²) in [5.74, 6) is -1.19. The SMILES string of the molecule is CCCCN1CC(NC(=O)C(C)C)CC(C(=O)O)C1. The van der Waals surface area contributed by atoms with E-state index in [0.717, 1.165) is 25.9 Å². The smallest absolute Gasteiger partial charge is 0.307 e. The fourth-order valence-electron chi connectivity index (χ4n) is 2.41. The van der Waals surface area contributed by atoms with E-state index in [1.54, 1.807) is 0 Å². The quantitative estimate of drug-likeness (QED) is 0.764. The lowest BCUT2D eigenvalue weighted by Gasteiger charge is -2.36. The summed E-state index contributed by atoms with van der Waals surface area (Å²) in [4.78, 5) is 25.1. The van der Waals surface area contributed by atoms with Crippen LogP contribution in [0.25, 0.3) is 0 Å². The number of nitrogens with one attached hydrogen (secondary N) is 1. The number of nitrogens with zero attached hydrogens (tertiary/aromatic N) is 1. The summed E-state index contributed by atoms with van der Waals surface area (Å²) >= 11 is 0. The Labute approximate surface area is 115 Å². The molecule has 5 heteroatoms. The summed E-state index contributed by atoms with van der Waals surface area (Å²) in [6, 6.07) is -0.0402. The number of amides is 1. The maximum Gasteiger partial charge on any atom is 0.307 e. The number of carboxylic acid groups (broad SMARTS) is 1. The second kappa shape index (κ2) is 7.48. The summed E-state index contributed by atoms with van der Waals surface area (Å²) in [5.41, 5.74) is 0.